The molecule has 0 radical (unpaired) electrons. The lowest BCUT2D eigenvalue weighted by molar-refractivity contribution is -0.132. The van der Waals surface area contributed by atoms with Gasteiger partial charge in [0.05, 0.1) is 11.2 Å². The van der Waals surface area contributed by atoms with Gasteiger partial charge in [0, 0.05) is 0 Å². The third-order valence-electron chi connectivity index (χ3n) is 5.88. The van der Waals surface area contributed by atoms with E-state index in [1.54, 1.807) is 0 Å². The van der Waals surface area contributed by atoms with Crippen LogP contribution in [0.5, 0.6) is 0 Å². The Bertz CT molecular complexity index is 1010. The predicted octanol–water partition coefficient (Wildman–Crippen LogP) is 8.21. The van der Waals surface area contributed by atoms with Gasteiger partial charge in [0.25, 0.3) is 0 Å². The molecule has 0 unspecified atom stereocenters. The summed E-state index contributed by atoms with van der Waals surface area (Å²) in [6, 6.07) is 38.3. The van der Waals surface area contributed by atoms with Gasteiger partial charge in [-0.25, -0.2) is 0 Å². The molecule has 0 bridgehead atoms. The van der Waals surface area contributed by atoms with E-state index in [-0.39, 0.29) is 0 Å². The van der Waals surface area contributed by atoms with E-state index in [2.05, 4.69) is 125 Å². The zero-order valence-electron chi connectivity index (χ0n) is 18.8. The van der Waals surface area contributed by atoms with E-state index < -0.39 is 11.2 Å². The Balaban J connectivity index is 1.52. The molecule has 1 nitrogen and oxygen atoms in total. The lowest BCUT2D eigenvalue weighted by Gasteiger charge is -2.37. The molecule has 0 spiro atoms. The van der Waals surface area contributed by atoms with Crippen LogP contribution in [-0.2, 0) is 15.9 Å². The molecule has 0 atom stereocenters. The minimum Gasteiger partial charge on any atom is -0.360 e. The predicted molar refractivity (Wildman–Crippen MR) is 131 cm³/mol. The third-order valence-corrected chi connectivity index (χ3v) is 5.88. The summed E-state index contributed by atoms with van der Waals surface area (Å²) in [5, 5.41) is 0. The maximum atomic E-state index is 6.69. The first-order valence-electron chi connectivity index (χ1n) is 10.9. The van der Waals surface area contributed by atoms with E-state index in [9.17, 15) is 0 Å². The smallest absolute Gasteiger partial charge is 0.0887 e. The van der Waals surface area contributed by atoms with Gasteiger partial charge in [-0.2, -0.15) is 0 Å². The monoisotopic (exact) mass is 406 g/mol. The van der Waals surface area contributed by atoms with Crippen molar-refractivity contribution in [1.82, 2.24) is 0 Å². The van der Waals surface area contributed by atoms with Crippen LogP contribution >= 0.6 is 0 Å². The largest absolute Gasteiger partial charge is 0.360 e. The van der Waals surface area contributed by atoms with Crippen molar-refractivity contribution < 1.29 is 4.74 Å². The molecule has 0 saturated carbocycles. The summed E-state index contributed by atoms with van der Waals surface area (Å²) >= 11 is 0. The van der Waals surface area contributed by atoms with Crippen LogP contribution < -0.4 is 0 Å². The second kappa shape index (κ2) is 8.53. The zero-order chi connectivity index (χ0) is 21.9. The van der Waals surface area contributed by atoms with E-state index in [4.69, 9.17) is 4.74 Å². The molecule has 0 aromatic heterocycles. The van der Waals surface area contributed by atoms with Crippen LogP contribution in [-0.4, -0.2) is 0 Å². The van der Waals surface area contributed by atoms with Gasteiger partial charge in [-0.1, -0.05) is 109 Å². The number of rotatable bonds is 6. The average molecular weight is 407 g/mol. The SMILES string of the molecule is CC(C)(OC(C)(C)c1ccc(-c2ccccc2)cc1)c1ccc(-c2ccccc2)cc1. The first kappa shape index (κ1) is 21.1. The highest BCUT2D eigenvalue weighted by molar-refractivity contribution is 5.64. The summed E-state index contributed by atoms with van der Waals surface area (Å²) in [5.41, 5.74) is 6.39. The standard InChI is InChI=1S/C30H30O/c1-29(2,27-19-15-25(16-20-27)23-11-7-5-8-12-23)31-30(3,4)28-21-17-26(18-22-28)24-13-9-6-10-14-24/h5-22H,1-4H3. The summed E-state index contributed by atoms with van der Waals surface area (Å²) in [5.74, 6) is 0. The molecule has 0 heterocycles. The van der Waals surface area contributed by atoms with Crippen molar-refractivity contribution in [1.29, 1.82) is 0 Å². The van der Waals surface area contributed by atoms with Crippen molar-refractivity contribution in [3.63, 3.8) is 0 Å². The molecule has 156 valence electrons. The van der Waals surface area contributed by atoms with Gasteiger partial charge in [0.15, 0.2) is 0 Å². The number of hydrogen-bond acceptors (Lipinski definition) is 1. The summed E-state index contributed by atoms with van der Waals surface area (Å²) in [7, 11) is 0. The molecular formula is C30H30O. The van der Waals surface area contributed by atoms with E-state index in [1.165, 1.54) is 33.4 Å². The van der Waals surface area contributed by atoms with Crippen LogP contribution in [0.3, 0.4) is 0 Å². The van der Waals surface area contributed by atoms with Gasteiger partial charge < -0.3 is 4.74 Å². The number of ether oxygens (including phenoxy) is 1. The van der Waals surface area contributed by atoms with E-state index in [1.807, 2.05) is 12.1 Å². The lowest BCUT2D eigenvalue weighted by atomic mass is 9.91. The fraction of sp³-hybridized carbons (Fsp3) is 0.200. The zero-order valence-corrected chi connectivity index (χ0v) is 18.8. The summed E-state index contributed by atoms with van der Waals surface area (Å²) in [6.07, 6.45) is 0. The fourth-order valence-corrected chi connectivity index (χ4v) is 4.15. The van der Waals surface area contributed by atoms with Crippen molar-refractivity contribution >= 4 is 0 Å². The molecular weight excluding hydrogens is 376 g/mol. The fourth-order valence-electron chi connectivity index (χ4n) is 4.15. The van der Waals surface area contributed by atoms with E-state index in [0.717, 1.165) is 0 Å². The van der Waals surface area contributed by atoms with Crippen LogP contribution in [0.15, 0.2) is 109 Å². The van der Waals surface area contributed by atoms with Gasteiger partial charge in [-0.3, -0.25) is 0 Å². The van der Waals surface area contributed by atoms with Crippen molar-refractivity contribution in [2.24, 2.45) is 0 Å². The Hall–Kier alpha value is -3.16. The van der Waals surface area contributed by atoms with Gasteiger partial charge in [-0.05, 0) is 61.1 Å². The average Bonchev–Trinajstić information content (AvgIpc) is 2.80. The first-order valence-corrected chi connectivity index (χ1v) is 10.9. The third kappa shape index (κ3) is 4.78. The van der Waals surface area contributed by atoms with Gasteiger partial charge in [0.1, 0.15) is 0 Å². The highest BCUT2D eigenvalue weighted by Crippen LogP contribution is 2.37. The second-order valence-electron chi connectivity index (χ2n) is 9.01. The van der Waals surface area contributed by atoms with Gasteiger partial charge in [-0.15, -0.1) is 0 Å². The maximum Gasteiger partial charge on any atom is 0.0887 e. The van der Waals surface area contributed by atoms with Crippen LogP contribution in [0.1, 0.15) is 38.8 Å². The van der Waals surface area contributed by atoms with Crippen molar-refractivity contribution in [2.45, 2.75) is 38.9 Å². The minimum absolute atomic E-state index is 0.420. The molecule has 4 rings (SSSR count). The molecule has 4 aromatic carbocycles. The normalized spacial score (nSPS) is 12.0. The number of benzene rings is 4. The molecule has 4 aromatic rings. The maximum absolute atomic E-state index is 6.69. The summed E-state index contributed by atoms with van der Waals surface area (Å²) < 4.78 is 6.69. The topological polar surface area (TPSA) is 9.23 Å². The van der Waals surface area contributed by atoms with Crippen LogP contribution in [0.2, 0.25) is 0 Å². The second-order valence-corrected chi connectivity index (χ2v) is 9.01. The Morgan fingerprint density at radius 2 is 0.677 bits per heavy atom. The summed E-state index contributed by atoms with van der Waals surface area (Å²) in [6.45, 7) is 8.57. The highest BCUT2D eigenvalue weighted by atomic mass is 16.5. The van der Waals surface area contributed by atoms with Gasteiger partial charge >= 0.3 is 0 Å². The van der Waals surface area contributed by atoms with Crippen LogP contribution in [0, 0.1) is 0 Å². The van der Waals surface area contributed by atoms with E-state index >= 15 is 0 Å². The first-order chi connectivity index (χ1) is 14.9. The van der Waals surface area contributed by atoms with Crippen molar-refractivity contribution in [3.05, 3.63) is 120 Å². The van der Waals surface area contributed by atoms with Crippen LogP contribution in [0.25, 0.3) is 22.3 Å². The molecule has 31 heavy (non-hydrogen) atoms. The highest BCUT2D eigenvalue weighted by Gasteiger charge is 2.32. The van der Waals surface area contributed by atoms with Crippen molar-refractivity contribution in [2.75, 3.05) is 0 Å². The molecule has 0 saturated heterocycles. The minimum atomic E-state index is -0.420. The summed E-state index contributed by atoms with van der Waals surface area (Å²) in [4.78, 5) is 0. The van der Waals surface area contributed by atoms with E-state index in [0.29, 0.717) is 0 Å². The Kier molecular flexibility index (Phi) is 5.80. The quantitative estimate of drug-likeness (QED) is 0.313. The molecule has 0 N–H and O–H groups in total. The lowest BCUT2D eigenvalue weighted by Crippen LogP contribution is -2.33. The van der Waals surface area contributed by atoms with Gasteiger partial charge in [0.2, 0.25) is 0 Å². The van der Waals surface area contributed by atoms with Crippen LogP contribution in [0.4, 0.5) is 0 Å². The Morgan fingerprint density at radius 1 is 0.387 bits per heavy atom. The van der Waals surface area contributed by atoms with Crippen molar-refractivity contribution in [3.8, 4) is 22.3 Å². The molecule has 0 amide bonds. The Morgan fingerprint density at radius 3 is 1.00 bits per heavy atom. The Labute approximate surface area is 186 Å². The molecule has 0 aliphatic carbocycles. The molecule has 1 heteroatoms. The molecule has 0 aliphatic rings. The molecule has 0 fully saturated rings. The molecule has 0 aliphatic heterocycles. The number of hydrogen-bond donors (Lipinski definition) is 0.